The van der Waals surface area contributed by atoms with Crippen LogP contribution in [0.5, 0.6) is 0 Å². The van der Waals surface area contributed by atoms with Crippen LogP contribution in [0.2, 0.25) is 10.0 Å². The SMILES string of the molecule is CC(=O)N(Cc1ccc(Cl)c(Cl)c1)C[C@@H](Cc1c[nH]c2ccccc12)NC(=O)CN1CCC(c2c[nH]c3ccc(F)cc23)CC1. The minimum atomic E-state index is -0.318. The Labute approximate surface area is 271 Å². The number of aromatic amines is 2. The summed E-state index contributed by atoms with van der Waals surface area (Å²) in [6.07, 6.45) is 6.29. The molecule has 1 fully saturated rings. The fourth-order valence-corrected chi connectivity index (χ4v) is 6.81. The quantitative estimate of drug-likeness (QED) is 0.152. The zero-order valence-electron chi connectivity index (χ0n) is 25.1. The average Bonchev–Trinajstić information content (AvgIpc) is 3.63. The highest BCUT2D eigenvalue weighted by Crippen LogP contribution is 2.33. The maximum absolute atomic E-state index is 13.9. The summed E-state index contributed by atoms with van der Waals surface area (Å²) in [5, 5.41) is 6.16. The summed E-state index contributed by atoms with van der Waals surface area (Å²) in [5.74, 6) is -0.107. The standard InChI is InChI=1S/C35H36Cl2FN5O2/c1-22(44)43(19-23-6-8-31(36)32(37)14-23)20-27(15-25-17-39-33-5-3-2-4-28(25)33)41-35(45)21-42-12-10-24(11-13-42)30-18-40-34-9-7-26(38)16-29(30)34/h2-9,14,16-18,24,27,39-40H,10-13,15,19-21H2,1H3,(H,41,45)/t27-/m1/s1. The number of rotatable bonds is 10. The third-order valence-corrected chi connectivity index (χ3v) is 9.56. The van der Waals surface area contributed by atoms with Crippen molar-refractivity contribution in [3.63, 3.8) is 0 Å². The minimum absolute atomic E-state index is 0.0782. The predicted molar refractivity (Wildman–Crippen MR) is 178 cm³/mol. The van der Waals surface area contributed by atoms with Crippen molar-refractivity contribution in [2.45, 2.75) is 44.7 Å². The summed E-state index contributed by atoms with van der Waals surface area (Å²) in [6.45, 7) is 4.02. The van der Waals surface area contributed by atoms with Gasteiger partial charge in [0.1, 0.15) is 5.82 Å². The zero-order chi connectivity index (χ0) is 31.5. The Bertz CT molecular complexity index is 1830. The van der Waals surface area contributed by atoms with Crippen molar-refractivity contribution in [3.8, 4) is 0 Å². The van der Waals surface area contributed by atoms with Crippen LogP contribution in [0.25, 0.3) is 21.8 Å². The Balaban J connectivity index is 1.13. The van der Waals surface area contributed by atoms with Gasteiger partial charge in [0, 0.05) is 54.2 Å². The topological polar surface area (TPSA) is 84.2 Å². The first-order valence-corrected chi connectivity index (χ1v) is 16.0. The number of para-hydroxylation sites is 1. The molecule has 45 heavy (non-hydrogen) atoms. The van der Waals surface area contributed by atoms with Gasteiger partial charge in [-0.25, -0.2) is 4.39 Å². The lowest BCUT2D eigenvalue weighted by Crippen LogP contribution is -2.49. The fraction of sp³-hybridized carbons (Fsp3) is 0.314. The van der Waals surface area contributed by atoms with Crippen LogP contribution in [0.4, 0.5) is 4.39 Å². The second kappa shape index (κ2) is 13.6. The summed E-state index contributed by atoms with van der Waals surface area (Å²) in [6, 6.07) is 17.9. The Hall–Kier alpha value is -3.85. The highest BCUT2D eigenvalue weighted by molar-refractivity contribution is 6.42. The van der Waals surface area contributed by atoms with Crippen LogP contribution in [0.1, 0.15) is 42.4 Å². The molecule has 1 atom stereocenters. The Morgan fingerprint density at radius 1 is 0.978 bits per heavy atom. The van der Waals surface area contributed by atoms with E-state index in [4.69, 9.17) is 23.2 Å². The van der Waals surface area contributed by atoms with Crippen LogP contribution in [0.15, 0.2) is 73.1 Å². The van der Waals surface area contributed by atoms with Crippen molar-refractivity contribution in [3.05, 3.63) is 106 Å². The molecule has 3 aromatic carbocycles. The second-order valence-electron chi connectivity index (χ2n) is 12.0. The van der Waals surface area contributed by atoms with Gasteiger partial charge in [0.25, 0.3) is 0 Å². The van der Waals surface area contributed by atoms with Crippen molar-refractivity contribution >= 4 is 56.8 Å². The van der Waals surface area contributed by atoms with E-state index in [0.29, 0.717) is 35.5 Å². The van der Waals surface area contributed by atoms with Crippen LogP contribution in [0, 0.1) is 5.82 Å². The number of hydrogen-bond acceptors (Lipinski definition) is 3. The van der Waals surface area contributed by atoms with Gasteiger partial charge in [-0.05, 0) is 91.4 Å². The number of nitrogens with one attached hydrogen (secondary N) is 3. The normalized spacial score (nSPS) is 15.0. The molecule has 3 N–H and O–H groups in total. The van der Waals surface area contributed by atoms with E-state index < -0.39 is 0 Å². The smallest absolute Gasteiger partial charge is 0.234 e. The molecular formula is C35H36Cl2FN5O2. The molecule has 10 heteroatoms. The molecule has 234 valence electrons. The van der Waals surface area contributed by atoms with Gasteiger partial charge >= 0.3 is 0 Å². The van der Waals surface area contributed by atoms with E-state index in [2.05, 4.69) is 26.3 Å². The summed E-state index contributed by atoms with van der Waals surface area (Å²) >= 11 is 12.4. The van der Waals surface area contributed by atoms with E-state index in [0.717, 1.165) is 64.4 Å². The largest absolute Gasteiger partial charge is 0.361 e. The van der Waals surface area contributed by atoms with E-state index in [-0.39, 0.29) is 30.2 Å². The van der Waals surface area contributed by atoms with Gasteiger partial charge in [0.05, 0.1) is 22.6 Å². The first-order valence-electron chi connectivity index (χ1n) is 15.3. The number of aromatic nitrogens is 2. The first-order chi connectivity index (χ1) is 21.7. The molecule has 0 saturated carbocycles. The summed E-state index contributed by atoms with van der Waals surface area (Å²) in [7, 11) is 0. The number of carbonyl (C=O) groups is 2. The third-order valence-electron chi connectivity index (χ3n) is 8.82. The van der Waals surface area contributed by atoms with Crippen LogP contribution in [0.3, 0.4) is 0 Å². The van der Waals surface area contributed by atoms with Crippen molar-refractivity contribution < 1.29 is 14.0 Å². The van der Waals surface area contributed by atoms with Crippen LogP contribution >= 0.6 is 23.2 Å². The Kier molecular flexibility index (Phi) is 9.45. The van der Waals surface area contributed by atoms with Gasteiger partial charge in [0.2, 0.25) is 11.8 Å². The number of benzene rings is 3. The highest BCUT2D eigenvalue weighted by Gasteiger charge is 2.26. The summed E-state index contributed by atoms with van der Waals surface area (Å²) in [4.78, 5) is 36.8. The van der Waals surface area contributed by atoms with E-state index in [1.54, 1.807) is 29.2 Å². The van der Waals surface area contributed by atoms with Crippen molar-refractivity contribution in [2.75, 3.05) is 26.2 Å². The predicted octanol–water partition coefficient (Wildman–Crippen LogP) is 7.05. The van der Waals surface area contributed by atoms with E-state index in [1.165, 1.54) is 13.0 Å². The number of nitrogens with zero attached hydrogens (tertiary/aromatic N) is 2. The van der Waals surface area contributed by atoms with E-state index in [1.807, 2.05) is 36.7 Å². The molecule has 1 saturated heterocycles. The minimum Gasteiger partial charge on any atom is -0.361 e. The number of halogens is 3. The summed E-state index contributed by atoms with van der Waals surface area (Å²) in [5.41, 5.74) is 5.03. The van der Waals surface area contributed by atoms with E-state index >= 15 is 0 Å². The van der Waals surface area contributed by atoms with Crippen molar-refractivity contribution in [1.29, 1.82) is 0 Å². The van der Waals surface area contributed by atoms with Gasteiger partial charge in [0.15, 0.2) is 0 Å². The summed E-state index contributed by atoms with van der Waals surface area (Å²) < 4.78 is 13.9. The lowest BCUT2D eigenvalue weighted by Gasteiger charge is -2.32. The van der Waals surface area contributed by atoms with Gasteiger partial charge in [-0.2, -0.15) is 0 Å². The Morgan fingerprint density at radius 3 is 2.51 bits per heavy atom. The van der Waals surface area contributed by atoms with E-state index in [9.17, 15) is 14.0 Å². The lowest BCUT2D eigenvalue weighted by atomic mass is 9.89. The molecule has 2 amide bonds. The third kappa shape index (κ3) is 7.35. The molecule has 6 rings (SSSR count). The molecule has 0 radical (unpaired) electrons. The molecule has 1 aliphatic rings. The van der Waals surface area contributed by atoms with Gasteiger partial charge in [-0.3, -0.25) is 14.5 Å². The number of hydrogen-bond donors (Lipinski definition) is 3. The number of piperidine rings is 1. The number of carbonyl (C=O) groups excluding carboxylic acids is 2. The molecular weight excluding hydrogens is 612 g/mol. The molecule has 0 spiro atoms. The highest BCUT2D eigenvalue weighted by atomic mass is 35.5. The van der Waals surface area contributed by atoms with Crippen LogP contribution in [-0.2, 0) is 22.6 Å². The lowest BCUT2D eigenvalue weighted by molar-refractivity contribution is -0.131. The number of fused-ring (bicyclic) bond motifs is 2. The number of likely N-dealkylation sites (tertiary alicyclic amines) is 1. The number of amides is 2. The van der Waals surface area contributed by atoms with Crippen molar-refractivity contribution in [2.24, 2.45) is 0 Å². The zero-order valence-corrected chi connectivity index (χ0v) is 26.6. The molecule has 3 heterocycles. The van der Waals surface area contributed by atoms with Gasteiger partial charge in [-0.1, -0.05) is 47.5 Å². The maximum Gasteiger partial charge on any atom is 0.234 e. The number of H-pyrrole nitrogens is 2. The molecule has 0 bridgehead atoms. The molecule has 2 aromatic heterocycles. The second-order valence-corrected chi connectivity index (χ2v) is 12.8. The van der Waals surface area contributed by atoms with Crippen LogP contribution < -0.4 is 5.32 Å². The van der Waals surface area contributed by atoms with Gasteiger partial charge in [-0.15, -0.1) is 0 Å². The maximum atomic E-state index is 13.9. The fourth-order valence-electron chi connectivity index (χ4n) is 6.49. The van der Waals surface area contributed by atoms with Gasteiger partial charge < -0.3 is 20.2 Å². The van der Waals surface area contributed by atoms with Crippen LogP contribution in [-0.4, -0.2) is 63.8 Å². The first kappa shape index (κ1) is 31.1. The Morgan fingerprint density at radius 2 is 1.73 bits per heavy atom. The molecule has 7 nitrogen and oxygen atoms in total. The molecule has 1 aliphatic heterocycles. The average molecular weight is 649 g/mol. The van der Waals surface area contributed by atoms with Crippen molar-refractivity contribution in [1.82, 2.24) is 25.1 Å². The molecule has 0 aliphatic carbocycles. The molecule has 5 aromatic rings. The monoisotopic (exact) mass is 647 g/mol. The molecule has 0 unspecified atom stereocenters.